The quantitative estimate of drug-likeness (QED) is 0.495. The van der Waals surface area contributed by atoms with Gasteiger partial charge in [-0.2, -0.15) is 0 Å². The van der Waals surface area contributed by atoms with Gasteiger partial charge < -0.3 is 0 Å². The summed E-state index contributed by atoms with van der Waals surface area (Å²) in [6, 6.07) is 16.1. The second-order valence-corrected chi connectivity index (χ2v) is 7.27. The molecule has 0 spiro atoms. The third-order valence-corrected chi connectivity index (χ3v) is 5.28. The van der Waals surface area contributed by atoms with Crippen molar-refractivity contribution in [2.24, 2.45) is 0 Å². The van der Waals surface area contributed by atoms with Crippen LogP contribution in [-0.4, -0.2) is 15.0 Å². The summed E-state index contributed by atoms with van der Waals surface area (Å²) in [5, 5.41) is 1.06. The Hall–Kier alpha value is -2.11. The second-order valence-electron chi connectivity index (χ2n) is 4.95. The number of halogens is 1. The van der Waals surface area contributed by atoms with Crippen LogP contribution in [0.1, 0.15) is 11.4 Å². The van der Waals surface area contributed by atoms with Gasteiger partial charge in [0.1, 0.15) is 11.2 Å². The molecule has 0 atom stereocenters. The van der Waals surface area contributed by atoms with Gasteiger partial charge in [-0.05, 0) is 33.6 Å². The Balaban J connectivity index is 1.92. The van der Waals surface area contributed by atoms with Crippen molar-refractivity contribution in [3.05, 3.63) is 82.7 Å². The summed E-state index contributed by atoms with van der Waals surface area (Å²) in [5.41, 5.74) is 4.05. The fourth-order valence-electron chi connectivity index (χ4n) is 2.50. The number of thiophene rings is 1. The van der Waals surface area contributed by atoms with Crippen molar-refractivity contribution >= 4 is 37.5 Å². The van der Waals surface area contributed by atoms with E-state index in [1.165, 1.54) is 0 Å². The first-order valence-electron chi connectivity index (χ1n) is 7.07. The van der Waals surface area contributed by atoms with Gasteiger partial charge >= 0.3 is 0 Å². The summed E-state index contributed by atoms with van der Waals surface area (Å²) in [5.74, 6) is 0. The maximum atomic E-state index is 4.48. The predicted molar refractivity (Wildman–Crippen MR) is 97.3 cm³/mol. The average molecular weight is 381 g/mol. The van der Waals surface area contributed by atoms with E-state index < -0.39 is 0 Å². The lowest BCUT2D eigenvalue weighted by Crippen LogP contribution is -1.94. The third-order valence-electron chi connectivity index (χ3n) is 3.51. The van der Waals surface area contributed by atoms with Crippen LogP contribution in [-0.2, 0) is 0 Å². The molecule has 4 aromatic rings. The first-order chi connectivity index (χ1) is 11.3. The summed E-state index contributed by atoms with van der Waals surface area (Å²) in [7, 11) is 0. The van der Waals surface area contributed by atoms with E-state index in [1.54, 1.807) is 23.9 Å². The Bertz CT molecular complexity index is 952. The molecule has 0 N–H and O–H groups in total. The fraction of sp³-hybridized carbons (Fsp3) is 0. The van der Waals surface area contributed by atoms with Crippen LogP contribution >= 0.6 is 27.3 Å². The molecule has 0 amide bonds. The van der Waals surface area contributed by atoms with Gasteiger partial charge in [0, 0.05) is 17.1 Å². The zero-order valence-electron chi connectivity index (χ0n) is 12.0. The molecule has 1 aromatic carbocycles. The molecule has 0 saturated carbocycles. The van der Waals surface area contributed by atoms with Crippen LogP contribution < -0.4 is 0 Å². The largest absolute Gasteiger partial charge is 0.261 e. The monoisotopic (exact) mass is 380 g/mol. The van der Waals surface area contributed by atoms with Crippen molar-refractivity contribution in [1.82, 2.24) is 15.0 Å². The van der Waals surface area contributed by atoms with Gasteiger partial charge in [-0.25, -0.2) is 9.97 Å². The molecule has 5 heteroatoms. The number of benzene rings is 1. The molecular formula is C18H11BrN3S. The van der Waals surface area contributed by atoms with E-state index in [4.69, 9.17) is 0 Å². The SMILES string of the molecule is Brc1sc2ncnc([CH]c3ccccn3)c2c1-c1ccccc1. The van der Waals surface area contributed by atoms with E-state index >= 15 is 0 Å². The molecule has 0 fully saturated rings. The number of hydrogen-bond acceptors (Lipinski definition) is 4. The number of pyridine rings is 1. The first kappa shape index (κ1) is 14.5. The van der Waals surface area contributed by atoms with Gasteiger partial charge in [0.15, 0.2) is 0 Å². The minimum atomic E-state index is 0.883. The number of rotatable bonds is 3. The lowest BCUT2D eigenvalue weighted by Gasteiger charge is -2.05. The highest BCUT2D eigenvalue weighted by atomic mass is 79.9. The molecule has 111 valence electrons. The normalized spacial score (nSPS) is 11.0. The van der Waals surface area contributed by atoms with Crippen LogP contribution in [0.4, 0.5) is 0 Å². The molecule has 3 aromatic heterocycles. The Kier molecular flexibility index (Phi) is 3.89. The molecule has 0 aliphatic rings. The van der Waals surface area contributed by atoms with Gasteiger partial charge in [0.05, 0.1) is 21.6 Å². The maximum Gasteiger partial charge on any atom is 0.128 e. The summed E-state index contributed by atoms with van der Waals surface area (Å²) in [6.45, 7) is 0. The molecule has 4 rings (SSSR count). The van der Waals surface area contributed by atoms with Crippen LogP contribution in [0.3, 0.4) is 0 Å². The zero-order chi connectivity index (χ0) is 15.6. The molecule has 0 aliphatic carbocycles. The zero-order valence-corrected chi connectivity index (χ0v) is 14.4. The Morgan fingerprint density at radius 1 is 0.913 bits per heavy atom. The standard InChI is InChI=1S/C18H11BrN3S/c19-17-15(12-6-2-1-3-7-12)16-14(21-11-22-18(16)23-17)10-13-8-4-5-9-20-13/h1-11H. The van der Waals surface area contributed by atoms with Gasteiger partial charge in [0.25, 0.3) is 0 Å². The van der Waals surface area contributed by atoms with Crippen molar-refractivity contribution in [2.75, 3.05) is 0 Å². The molecule has 0 aliphatic heterocycles. The van der Waals surface area contributed by atoms with Crippen molar-refractivity contribution < 1.29 is 0 Å². The lowest BCUT2D eigenvalue weighted by atomic mass is 10.0. The average Bonchev–Trinajstić information content (AvgIpc) is 2.93. The summed E-state index contributed by atoms with van der Waals surface area (Å²) in [6.07, 6.45) is 5.39. The van der Waals surface area contributed by atoms with Gasteiger partial charge in [-0.15, -0.1) is 11.3 Å². The van der Waals surface area contributed by atoms with Crippen LogP contribution in [0, 0.1) is 6.42 Å². The van der Waals surface area contributed by atoms with E-state index in [0.29, 0.717) is 0 Å². The predicted octanol–water partition coefficient (Wildman–Crippen LogP) is 5.12. The number of nitrogens with zero attached hydrogens (tertiary/aromatic N) is 3. The Labute approximate surface area is 146 Å². The highest BCUT2D eigenvalue weighted by molar-refractivity contribution is 9.11. The van der Waals surface area contributed by atoms with E-state index in [-0.39, 0.29) is 0 Å². The molecule has 23 heavy (non-hydrogen) atoms. The molecule has 3 heterocycles. The van der Waals surface area contributed by atoms with E-state index in [9.17, 15) is 0 Å². The van der Waals surface area contributed by atoms with Crippen molar-refractivity contribution in [1.29, 1.82) is 0 Å². The number of fused-ring (bicyclic) bond motifs is 1. The highest BCUT2D eigenvalue weighted by Gasteiger charge is 2.17. The molecule has 0 saturated heterocycles. The van der Waals surface area contributed by atoms with Crippen LogP contribution in [0.2, 0.25) is 0 Å². The van der Waals surface area contributed by atoms with E-state index in [0.717, 1.165) is 36.5 Å². The van der Waals surface area contributed by atoms with Crippen LogP contribution in [0.25, 0.3) is 21.3 Å². The fourth-order valence-corrected chi connectivity index (χ4v) is 4.29. The third kappa shape index (κ3) is 2.78. The minimum Gasteiger partial charge on any atom is -0.261 e. The Morgan fingerprint density at radius 3 is 2.52 bits per heavy atom. The topological polar surface area (TPSA) is 38.7 Å². The van der Waals surface area contributed by atoms with Crippen molar-refractivity contribution in [2.45, 2.75) is 0 Å². The van der Waals surface area contributed by atoms with Gasteiger partial charge in [-0.3, -0.25) is 4.98 Å². The smallest absolute Gasteiger partial charge is 0.128 e. The Morgan fingerprint density at radius 2 is 1.74 bits per heavy atom. The summed E-state index contributed by atoms with van der Waals surface area (Å²) < 4.78 is 1.06. The second kappa shape index (κ2) is 6.18. The van der Waals surface area contributed by atoms with Crippen LogP contribution in [0.5, 0.6) is 0 Å². The summed E-state index contributed by atoms with van der Waals surface area (Å²) >= 11 is 5.31. The van der Waals surface area contributed by atoms with Gasteiger partial charge in [-0.1, -0.05) is 36.4 Å². The molecule has 0 unspecified atom stereocenters. The maximum absolute atomic E-state index is 4.48. The van der Waals surface area contributed by atoms with Crippen molar-refractivity contribution in [3.8, 4) is 11.1 Å². The molecular weight excluding hydrogens is 370 g/mol. The van der Waals surface area contributed by atoms with E-state index in [2.05, 4.69) is 43.0 Å². The van der Waals surface area contributed by atoms with Gasteiger partial charge in [0.2, 0.25) is 0 Å². The minimum absolute atomic E-state index is 0.883. The lowest BCUT2D eigenvalue weighted by molar-refractivity contribution is 1.14. The van der Waals surface area contributed by atoms with Crippen LogP contribution in [0.15, 0.2) is 64.8 Å². The summed E-state index contributed by atoms with van der Waals surface area (Å²) in [4.78, 5) is 14.2. The van der Waals surface area contributed by atoms with E-state index in [1.807, 2.05) is 42.8 Å². The number of aromatic nitrogens is 3. The molecule has 1 radical (unpaired) electrons. The molecule has 3 nitrogen and oxygen atoms in total. The number of hydrogen-bond donors (Lipinski definition) is 0. The highest BCUT2D eigenvalue weighted by Crippen LogP contribution is 2.42. The first-order valence-corrected chi connectivity index (χ1v) is 8.68. The molecule has 0 bridgehead atoms. The van der Waals surface area contributed by atoms with Crippen molar-refractivity contribution in [3.63, 3.8) is 0 Å².